The van der Waals surface area contributed by atoms with Crippen molar-refractivity contribution in [3.05, 3.63) is 22.5 Å². The van der Waals surface area contributed by atoms with Crippen molar-refractivity contribution in [3.8, 4) is 12.3 Å². The minimum atomic E-state index is -1.35. The standard InChI is InChI=1S/C20H22N6O7/c1-4-19(23-24-19)7-33-18(30)26-10-5-25-13-11(15(28)12(21)8(2)14(13)27)9(6-32-17(22)29)20(25,31-3)16(10)26/h1,9-10,16,23-24H,5-7,21H2,2-3H3,(H2,22,29)/t9-,10+,16+,20-,26?/m1/s1. The van der Waals surface area contributed by atoms with Crippen LogP contribution in [0.15, 0.2) is 22.5 Å². The van der Waals surface area contributed by atoms with Crippen molar-refractivity contribution < 1.29 is 33.4 Å². The Labute approximate surface area is 188 Å². The van der Waals surface area contributed by atoms with Gasteiger partial charge in [0, 0.05) is 24.8 Å². The molecule has 5 aliphatic rings. The first-order valence-corrected chi connectivity index (χ1v) is 10.2. The average molecular weight is 458 g/mol. The number of Topliss-reactive ketones (excluding diaryl/α,β-unsaturated/α-hetero) is 2. The van der Waals surface area contributed by atoms with E-state index in [1.165, 1.54) is 18.9 Å². The molecule has 5 rings (SSSR count). The highest BCUT2D eigenvalue weighted by Crippen LogP contribution is 2.59. The minimum Gasteiger partial charge on any atom is -0.449 e. The molecule has 4 aliphatic heterocycles. The quantitative estimate of drug-likeness (QED) is 0.195. The van der Waals surface area contributed by atoms with Gasteiger partial charge in [-0.05, 0) is 6.92 Å². The molecule has 0 aromatic rings. The Balaban J connectivity index is 1.47. The Kier molecular flexibility index (Phi) is 4.32. The normalized spacial score (nSPS) is 32.8. The predicted octanol–water partition coefficient (Wildman–Crippen LogP) is -2.36. The molecule has 0 bridgehead atoms. The number of piperazine rings is 1. The van der Waals surface area contributed by atoms with Crippen molar-refractivity contribution in [2.24, 2.45) is 17.4 Å². The van der Waals surface area contributed by atoms with Crippen molar-refractivity contribution in [3.63, 3.8) is 0 Å². The number of nitrogens with zero attached hydrogens (tertiary/aromatic N) is 2. The van der Waals surface area contributed by atoms with Crippen LogP contribution in [0.5, 0.6) is 0 Å². The predicted molar refractivity (Wildman–Crippen MR) is 108 cm³/mol. The third-order valence-electron chi connectivity index (χ3n) is 6.98. The molecule has 174 valence electrons. The van der Waals surface area contributed by atoms with Gasteiger partial charge in [0.05, 0.1) is 23.4 Å². The number of hydrazine groups is 1. The topological polar surface area (TPSA) is 198 Å². The highest BCUT2D eigenvalue weighted by Gasteiger charge is 2.78. The number of ketones is 2. The fraction of sp³-hybridized carbons (Fsp3) is 0.500. The first-order valence-electron chi connectivity index (χ1n) is 10.2. The highest BCUT2D eigenvalue weighted by molar-refractivity contribution is 6.25. The number of nitrogens with two attached hydrogens (primary N) is 2. The van der Waals surface area contributed by atoms with E-state index in [1.54, 1.807) is 4.90 Å². The third kappa shape index (κ3) is 2.65. The molecule has 6 N–H and O–H groups in total. The molecule has 3 fully saturated rings. The van der Waals surface area contributed by atoms with Gasteiger partial charge in [0.25, 0.3) is 0 Å². The molecular formula is C20H22N6O7. The fourth-order valence-corrected chi connectivity index (χ4v) is 5.23. The van der Waals surface area contributed by atoms with E-state index in [0.29, 0.717) is 0 Å². The maximum atomic E-state index is 13.1. The number of methoxy groups -OCH3 is 1. The number of carbonyl (C=O) groups is 4. The van der Waals surface area contributed by atoms with Gasteiger partial charge in [-0.15, -0.1) is 6.42 Å². The molecule has 0 spiro atoms. The summed E-state index contributed by atoms with van der Waals surface area (Å²) >= 11 is 0. The van der Waals surface area contributed by atoms with Gasteiger partial charge in [0.1, 0.15) is 19.3 Å². The Bertz CT molecular complexity index is 1120. The summed E-state index contributed by atoms with van der Waals surface area (Å²) in [6.07, 6.45) is 3.72. The lowest BCUT2D eigenvalue weighted by atomic mass is 9.82. The summed E-state index contributed by atoms with van der Waals surface area (Å²) in [6, 6.07) is -0.929. The lowest BCUT2D eigenvalue weighted by molar-refractivity contribution is -0.144. The Morgan fingerprint density at radius 2 is 1.97 bits per heavy atom. The van der Waals surface area contributed by atoms with Crippen molar-refractivity contribution in [1.29, 1.82) is 0 Å². The maximum absolute atomic E-state index is 13.1. The number of amides is 2. The van der Waals surface area contributed by atoms with Crippen molar-refractivity contribution in [1.82, 2.24) is 20.7 Å². The molecule has 33 heavy (non-hydrogen) atoms. The second kappa shape index (κ2) is 6.70. The Morgan fingerprint density at radius 3 is 2.55 bits per heavy atom. The van der Waals surface area contributed by atoms with Crippen LogP contribution in [0.2, 0.25) is 0 Å². The molecular weight excluding hydrogens is 436 g/mol. The number of allylic oxidation sites excluding steroid dienone is 2. The molecule has 13 nitrogen and oxygen atoms in total. The van der Waals surface area contributed by atoms with Crippen LogP contribution in [0.25, 0.3) is 0 Å². The fourth-order valence-electron chi connectivity index (χ4n) is 5.23. The zero-order valence-corrected chi connectivity index (χ0v) is 17.8. The molecule has 4 atom stereocenters. The van der Waals surface area contributed by atoms with Crippen molar-refractivity contribution >= 4 is 23.8 Å². The molecule has 0 aromatic heterocycles. The monoisotopic (exact) mass is 458 g/mol. The van der Waals surface area contributed by atoms with E-state index in [-0.39, 0.29) is 48.3 Å². The number of ether oxygens (including phenoxy) is 3. The summed E-state index contributed by atoms with van der Waals surface area (Å²) in [6.45, 7) is 1.25. The van der Waals surface area contributed by atoms with Gasteiger partial charge in [0.15, 0.2) is 11.4 Å². The van der Waals surface area contributed by atoms with Crippen LogP contribution in [0, 0.1) is 18.3 Å². The smallest absolute Gasteiger partial charge is 0.410 e. The van der Waals surface area contributed by atoms with E-state index in [4.69, 9.17) is 32.1 Å². The summed E-state index contributed by atoms with van der Waals surface area (Å²) in [5.41, 5.74) is 14.5. The number of hydrogen-bond acceptors (Lipinski definition) is 11. The van der Waals surface area contributed by atoms with E-state index < -0.39 is 47.1 Å². The van der Waals surface area contributed by atoms with Crippen LogP contribution < -0.4 is 22.3 Å². The second-order valence-corrected chi connectivity index (χ2v) is 8.48. The summed E-state index contributed by atoms with van der Waals surface area (Å²) < 4.78 is 16.3. The van der Waals surface area contributed by atoms with Crippen LogP contribution in [0.3, 0.4) is 0 Å². The minimum absolute atomic E-state index is 0.0857. The Morgan fingerprint density at radius 1 is 1.27 bits per heavy atom. The SMILES string of the molecule is C#CC1(COC(=O)N2[C@H]3[C@@H]2CN2C4=C(C(=O)C(N)=C(C)C4=O)[C@@H](COC(N)=O)[C@@]32OC)NN1. The van der Waals surface area contributed by atoms with E-state index >= 15 is 0 Å². The molecule has 2 amide bonds. The lowest BCUT2D eigenvalue weighted by Gasteiger charge is -2.40. The van der Waals surface area contributed by atoms with Gasteiger partial charge in [-0.25, -0.2) is 20.4 Å². The molecule has 0 unspecified atom stereocenters. The van der Waals surface area contributed by atoms with E-state index in [2.05, 4.69) is 16.8 Å². The first kappa shape index (κ1) is 21.3. The van der Waals surface area contributed by atoms with Gasteiger partial charge < -0.3 is 30.6 Å². The molecule has 0 aromatic carbocycles. The van der Waals surface area contributed by atoms with Crippen LogP contribution in [-0.4, -0.2) is 83.9 Å². The van der Waals surface area contributed by atoms with Crippen LogP contribution >= 0.6 is 0 Å². The number of primary amides is 1. The van der Waals surface area contributed by atoms with E-state index in [9.17, 15) is 19.2 Å². The molecule has 13 heteroatoms. The van der Waals surface area contributed by atoms with Crippen molar-refractivity contribution in [2.45, 2.75) is 30.4 Å². The molecule has 1 aliphatic carbocycles. The van der Waals surface area contributed by atoms with Gasteiger partial charge >= 0.3 is 12.2 Å². The number of hydrogen-bond donors (Lipinski definition) is 4. The van der Waals surface area contributed by atoms with Crippen LogP contribution in [0.1, 0.15) is 6.92 Å². The Hall–Kier alpha value is -3.60. The van der Waals surface area contributed by atoms with Gasteiger partial charge in [0.2, 0.25) is 11.6 Å². The third-order valence-corrected chi connectivity index (χ3v) is 6.98. The van der Waals surface area contributed by atoms with E-state index in [0.717, 1.165) is 0 Å². The molecule has 3 saturated heterocycles. The van der Waals surface area contributed by atoms with Gasteiger partial charge in [-0.1, -0.05) is 5.92 Å². The molecule has 0 radical (unpaired) electrons. The molecule has 0 saturated carbocycles. The first-order chi connectivity index (χ1) is 15.6. The zero-order valence-electron chi connectivity index (χ0n) is 17.8. The number of rotatable bonds is 5. The van der Waals surface area contributed by atoms with Gasteiger partial charge in [-0.3, -0.25) is 14.5 Å². The van der Waals surface area contributed by atoms with Crippen LogP contribution in [0.4, 0.5) is 9.59 Å². The van der Waals surface area contributed by atoms with Gasteiger partial charge in [-0.2, -0.15) is 0 Å². The van der Waals surface area contributed by atoms with Crippen LogP contribution in [-0.2, 0) is 23.8 Å². The molecule has 4 heterocycles. The van der Waals surface area contributed by atoms with E-state index in [1.807, 2.05) is 0 Å². The number of fused-ring (bicyclic) bond motifs is 4. The maximum Gasteiger partial charge on any atom is 0.410 e. The number of carbonyl (C=O) groups excluding carboxylic acids is 4. The zero-order chi connectivity index (χ0) is 23.9. The summed E-state index contributed by atoms with van der Waals surface area (Å²) in [4.78, 5) is 53.5. The number of terminal acetylenes is 1. The number of nitrogens with one attached hydrogen (secondary N) is 2. The summed E-state index contributed by atoms with van der Waals surface area (Å²) in [5, 5.41) is 0. The average Bonchev–Trinajstić information content (AvgIpc) is 3.67. The lowest BCUT2D eigenvalue weighted by Crippen LogP contribution is -2.56. The summed E-state index contributed by atoms with van der Waals surface area (Å²) in [7, 11) is 1.40. The highest BCUT2D eigenvalue weighted by atomic mass is 16.6. The van der Waals surface area contributed by atoms with Crippen molar-refractivity contribution in [2.75, 3.05) is 26.9 Å². The second-order valence-electron chi connectivity index (χ2n) is 8.48. The largest absolute Gasteiger partial charge is 0.449 e. The summed E-state index contributed by atoms with van der Waals surface area (Å²) in [5.74, 6) is 0.581.